The van der Waals surface area contributed by atoms with Gasteiger partial charge in [0.05, 0.1) is 11.0 Å². The maximum atomic E-state index is 8.52. The quantitative estimate of drug-likeness (QED) is 0.260. The molecule has 3 aromatic rings. The maximum absolute atomic E-state index is 8.52. The van der Waals surface area contributed by atoms with Gasteiger partial charge in [0.1, 0.15) is 0 Å². The third kappa shape index (κ3) is 6.46. The van der Waals surface area contributed by atoms with Gasteiger partial charge in [0.15, 0.2) is 0 Å². The average Bonchev–Trinajstić information content (AvgIpc) is 2.34. The first-order chi connectivity index (χ1) is 8.93. The van der Waals surface area contributed by atoms with E-state index in [1.807, 2.05) is 36.4 Å². The van der Waals surface area contributed by atoms with Gasteiger partial charge in [-0.3, -0.25) is 8.42 Å². The Morgan fingerprint density at radius 3 is 1.52 bits per heavy atom. The van der Waals surface area contributed by atoms with E-state index < -0.39 is 10.4 Å². The van der Waals surface area contributed by atoms with Crippen molar-refractivity contribution in [3.63, 3.8) is 0 Å². The number of fused-ring (bicyclic) bond motifs is 2. The van der Waals surface area contributed by atoms with E-state index in [2.05, 4.69) is 23.2 Å². The van der Waals surface area contributed by atoms with Crippen molar-refractivity contribution in [3.05, 3.63) is 54.6 Å². The maximum Gasteiger partial charge on any atom is 2.00 e. The van der Waals surface area contributed by atoms with Gasteiger partial charge < -0.3 is 9.11 Å². The van der Waals surface area contributed by atoms with Crippen LogP contribution in [0.1, 0.15) is 0 Å². The van der Waals surface area contributed by atoms with Gasteiger partial charge >= 0.3 is 19.5 Å². The van der Waals surface area contributed by atoms with Crippen LogP contribution in [0, 0.1) is 0 Å². The van der Waals surface area contributed by atoms with Crippen molar-refractivity contribution in [2.75, 3.05) is 0 Å². The molecule has 0 radical (unpaired) electrons. The summed E-state index contributed by atoms with van der Waals surface area (Å²) in [6, 6.07) is 18.6. The average molecular weight is 377 g/mol. The normalized spacial score (nSPS) is 10.0. The van der Waals surface area contributed by atoms with Gasteiger partial charge in [0.2, 0.25) is 0 Å². The summed E-state index contributed by atoms with van der Waals surface area (Å²) in [6.45, 7) is 0. The minimum atomic E-state index is -5.17. The number of aromatic nitrogens is 1. The van der Waals surface area contributed by atoms with E-state index in [0.717, 1.165) is 11.0 Å². The molecule has 0 aliphatic carbocycles. The third-order valence-electron chi connectivity index (χ3n) is 2.43. The Morgan fingerprint density at radius 1 is 0.810 bits per heavy atom. The molecule has 0 saturated carbocycles. The Labute approximate surface area is 141 Å². The molecule has 106 valence electrons. The standard InChI is InChI=1S/C13H9N.ClH.H2O4S.Zn/c1-3-7-12-10(5-1)9-11-6-2-4-8-13(11)14-12;;1-5(2,3)4;/h1-9H;1H;(H2,1,2,3,4);/q;;;+2/p-2. The Hall–Kier alpha value is -1.11. The van der Waals surface area contributed by atoms with Crippen molar-refractivity contribution in [2.45, 2.75) is 0 Å². The zero-order valence-corrected chi connectivity index (χ0v) is 15.4. The molecule has 0 unspecified atom stereocenters. The van der Waals surface area contributed by atoms with Crippen LogP contribution in [0.25, 0.3) is 21.8 Å². The Balaban J connectivity index is 0.000000507. The molecule has 1 heterocycles. The van der Waals surface area contributed by atoms with Crippen molar-refractivity contribution in [1.82, 2.24) is 4.98 Å². The summed E-state index contributed by atoms with van der Waals surface area (Å²) >= 11 is 0. The van der Waals surface area contributed by atoms with E-state index in [1.165, 1.54) is 10.8 Å². The molecular formula is C13H10ClNO4SZn. The SMILES string of the molecule is Cl.O=S(=O)([O-])[O-].[Zn+2].c1ccc2nc3ccccc3cc2c1. The summed E-state index contributed by atoms with van der Waals surface area (Å²) in [5.74, 6) is 0. The Kier molecular flexibility index (Phi) is 7.92. The van der Waals surface area contributed by atoms with E-state index >= 15 is 0 Å². The van der Waals surface area contributed by atoms with Gasteiger partial charge in [-0.15, -0.1) is 12.4 Å². The van der Waals surface area contributed by atoms with Gasteiger partial charge in [-0.05, 0) is 18.2 Å². The third-order valence-corrected chi connectivity index (χ3v) is 2.43. The number of nitrogens with zero attached hydrogens (tertiary/aromatic N) is 1. The molecule has 3 rings (SSSR count). The fourth-order valence-electron chi connectivity index (χ4n) is 1.72. The first-order valence-corrected chi connectivity index (χ1v) is 6.68. The number of hydrogen-bond acceptors (Lipinski definition) is 5. The van der Waals surface area contributed by atoms with Gasteiger partial charge in [-0.1, -0.05) is 36.4 Å². The van der Waals surface area contributed by atoms with Crippen molar-refractivity contribution in [3.8, 4) is 0 Å². The predicted molar refractivity (Wildman–Crippen MR) is 77.0 cm³/mol. The molecule has 5 nitrogen and oxygen atoms in total. The number of hydrogen-bond donors (Lipinski definition) is 0. The first kappa shape index (κ1) is 19.9. The molecule has 0 N–H and O–H groups in total. The minimum Gasteiger partial charge on any atom is -0.759 e. The second-order valence-electron chi connectivity index (χ2n) is 3.78. The zero-order valence-electron chi connectivity index (χ0n) is 10.8. The van der Waals surface area contributed by atoms with E-state index in [9.17, 15) is 0 Å². The molecule has 0 amide bonds. The first-order valence-electron chi connectivity index (χ1n) is 5.35. The molecule has 0 saturated heterocycles. The molecule has 0 aliphatic rings. The Bertz CT molecular complexity index is 713. The van der Waals surface area contributed by atoms with Crippen LogP contribution in [0.5, 0.6) is 0 Å². The van der Waals surface area contributed by atoms with Crippen LogP contribution in [-0.4, -0.2) is 22.5 Å². The van der Waals surface area contributed by atoms with Gasteiger partial charge in [-0.2, -0.15) is 0 Å². The van der Waals surface area contributed by atoms with Crippen LogP contribution in [0.15, 0.2) is 54.6 Å². The smallest absolute Gasteiger partial charge is 0.759 e. The predicted octanol–water partition coefficient (Wildman–Crippen LogP) is 2.47. The zero-order chi connectivity index (χ0) is 13.9. The van der Waals surface area contributed by atoms with Gasteiger partial charge in [0, 0.05) is 21.2 Å². The van der Waals surface area contributed by atoms with Crippen molar-refractivity contribution in [2.24, 2.45) is 0 Å². The summed E-state index contributed by atoms with van der Waals surface area (Å²) in [4.78, 5) is 4.58. The fraction of sp³-hybridized carbons (Fsp3) is 0. The van der Waals surface area contributed by atoms with E-state index in [-0.39, 0.29) is 31.9 Å². The Morgan fingerprint density at radius 2 is 1.14 bits per heavy atom. The largest absolute Gasteiger partial charge is 2.00 e. The van der Waals surface area contributed by atoms with Crippen LogP contribution in [0.2, 0.25) is 0 Å². The molecule has 0 atom stereocenters. The summed E-state index contributed by atoms with van der Waals surface area (Å²) in [5, 5.41) is 2.40. The van der Waals surface area contributed by atoms with Crippen LogP contribution >= 0.6 is 12.4 Å². The van der Waals surface area contributed by atoms with E-state index in [4.69, 9.17) is 17.5 Å². The van der Waals surface area contributed by atoms with Crippen molar-refractivity contribution < 1.29 is 37.0 Å². The van der Waals surface area contributed by atoms with Gasteiger partial charge in [0.25, 0.3) is 0 Å². The second-order valence-corrected chi connectivity index (χ2v) is 4.60. The molecule has 0 fully saturated rings. The molecule has 1 aromatic heterocycles. The molecule has 8 heteroatoms. The minimum absolute atomic E-state index is 0. The number of rotatable bonds is 0. The monoisotopic (exact) mass is 375 g/mol. The number of para-hydroxylation sites is 2. The van der Waals surface area contributed by atoms with Crippen LogP contribution in [-0.2, 0) is 29.9 Å². The number of pyridine rings is 1. The van der Waals surface area contributed by atoms with Gasteiger partial charge in [-0.25, -0.2) is 4.98 Å². The fourth-order valence-corrected chi connectivity index (χ4v) is 1.72. The molecule has 0 aliphatic heterocycles. The van der Waals surface area contributed by atoms with Crippen LogP contribution in [0.4, 0.5) is 0 Å². The van der Waals surface area contributed by atoms with Crippen molar-refractivity contribution >= 4 is 44.6 Å². The molecule has 0 bridgehead atoms. The summed E-state index contributed by atoms with van der Waals surface area (Å²) < 4.78 is 34.1. The van der Waals surface area contributed by atoms with Crippen molar-refractivity contribution in [1.29, 1.82) is 0 Å². The van der Waals surface area contributed by atoms with E-state index in [0.29, 0.717) is 0 Å². The topological polar surface area (TPSA) is 93.2 Å². The molecule has 21 heavy (non-hydrogen) atoms. The summed E-state index contributed by atoms with van der Waals surface area (Å²) in [5.41, 5.74) is 2.12. The van der Waals surface area contributed by atoms with Crippen LogP contribution < -0.4 is 0 Å². The summed E-state index contributed by atoms with van der Waals surface area (Å²) in [7, 11) is -5.17. The second kappa shape index (κ2) is 8.36. The number of halogens is 1. The number of benzene rings is 2. The molecular weight excluding hydrogens is 367 g/mol. The molecule has 0 spiro atoms. The van der Waals surface area contributed by atoms with Crippen LogP contribution in [0.3, 0.4) is 0 Å². The van der Waals surface area contributed by atoms with E-state index in [1.54, 1.807) is 0 Å². The molecule has 2 aromatic carbocycles. The summed E-state index contributed by atoms with van der Waals surface area (Å²) in [6.07, 6.45) is 0.